The van der Waals surface area contributed by atoms with Gasteiger partial charge in [-0.3, -0.25) is 9.69 Å². The van der Waals surface area contributed by atoms with E-state index in [4.69, 9.17) is 4.74 Å². The topological polar surface area (TPSA) is 96.0 Å². The second-order valence-electron chi connectivity index (χ2n) is 8.50. The lowest BCUT2D eigenvalue weighted by Crippen LogP contribution is -2.47. The third-order valence-corrected chi connectivity index (χ3v) is 8.72. The van der Waals surface area contributed by atoms with Gasteiger partial charge in [0, 0.05) is 43.2 Å². The Morgan fingerprint density at radius 3 is 2.36 bits per heavy atom. The summed E-state index contributed by atoms with van der Waals surface area (Å²) < 4.78 is 29.8. The molecule has 178 valence electrons. The van der Waals surface area contributed by atoms with Crippen LogP contribution in [0.25, 0.3) is 0 Å². The summed E-state index contributed by atoms with van der Waals surface area (Å²) in [5, 5.41) is 3.49. The van der Waals surface area contributed by atoms with Crippen LogP contribution in [0.2, 0.25) is 0 Å². The van der Waals surface area contributed by atoms with Crippen molar-refractivity contribution in [3.63, 3.8) is 0 Å². The number of carbonyl (C=O) groups excluding carboxylic acids is 2. The predicted octanol–water partition coefficient (Wildman–Crippen LogP) is 2.74. The quantitative estimate of drug-likeness (QED) is 0.625. The minimum absolute atomic E-state index is 0.257. The number of nitrogens with zero attached hydrogens (tertiary/aromatic N) is 2. The Kier molecular flexibility index (Phi) is 7.18. The average Bonchev–Trinajstić information content (AvgIpc) is 3.16. The highest BCUT2D eigenvalue weighted by molar-refractivity contribution is 7.88. The number of ether oxygens (including phenoxy) is 1. The average molecular weight is 492 g/mol. The number of anilines is 1. The van der Waals surface area contributed by atoms with Gasteiger partial charge in [-0.1, -0.05) is 12.1 Å². The van der Waals surface area contributed by atoms with Crippen molar-refractivity contribution in [1.29, 1.82) is 0 Å². The molecule has 1 N–H and O–H groups in total. The van der Waals surface area contributed by atoms with Crippen LogP contribution in [-0.4, -0.2) is 69.0 Å². The maximum atomic E-state index is 12.9. The van der Waals surface area contributed by atoms with Crippen LogP contribution in [-0.2, 0) is 34.1 Å². The number of benzene rings is 1. The van der Waals surface area contributed by atoms with Gasteiger partial charge in [0.15, 0.2) is 0 Å². The Morgan fingerprint density at radius 1 is 1.06 bits per heavy atom. The van der Waals surface area contributed by atoms with Gasteiger partial charge in [0.25, 0.3) is 5.91 Å². The van der Waals surface area contributed by atoms with E-state index in [0.717, 1.165) is 41.7 Å². The number of carbonyl (C=O) groups is 2. The van der Waals surface area contributed by atoms with Gasteiger partial charge in [-0.25, -0.2) is 13.2 Å². The summed E-state index contributed by atoms with van der Waals surface area (Å²) in [6, 6.07) is 7.39. The number of amides is 1. The minimum atomic E-state index is -3.14. The van der Waals surface area contributed by atoms with E-state index in [2.05, 4.69) is 10.2 Å². The van der Waals surface area contributed by atoms with E-state index in [9.17, 15) is 18.0 Å². The van der Waals surface area contributed by atoms with E-state index in [1.54, 1.807) is 12.1 Å². The number of aryl methyl sites for hydroxylation is 1. The van der Waals surface area contributed by atoms with Crippen LogP contribution >= 0.6 is 11.3 Å². The molecule has 1 fully saturated rings. The highest BCUT2D eigenvalue weighted by Crippen LogP contribution is 2.38. The zero-order valence-corrected chi connectivity index (χ0v) is 20.6. The maximum absolute atomic E-state index is 12.9. The number of esters is 1. The molecular formula is C23H29N3O5S2. The second-order valence-corrected chi connectivity index (χ2v) is 11.6. The van der Waals surface area contributed by atoms with E-state index >= 15 is 0 Å². The first kappa shape index (κ1) is 23.9. The molecule has 1 saturated heterocycles. The Balaban J connectivity index is 1.40. The largest absolute Gasteiger partial charge is 0.465 e. The van der Waals surface area contributed by atoms with Gasteiger partial charge in [-0.2, -0.15) is 4.31 Å². The van der Waals surface area contributed by atoms with Crippen molar-refractivity contribution in [2.45, 2.75) is 32.2 Å². The molecule has 1 aliphatic carbocycles. The van der Waals surface area contributed by atoms with Crippen molar-refractivity contribution in [3.05, 3.63) is 51.4 Å². The van der Waals surface area contributed by atoms with Crippen LogP contribution in [0.3, 0.4) is 0 Å². The lowest BCUT2D eigenvalue weighted by Gasteiger charge is -2.33. The number of nitrogens with one attached hydrogen (secondary N) is 1. The molecule has 2 aliphatic rings. The van der Waals surface area contributed by atoms with Crippen LogP contribution in [0.1, 0.15) is 49.6 Å². The molecule has 1 aromatic heterocycles. The molecule has 0 saturated carbocycles. The number of thiophene rings is 1. The van der Waals surface area contributed by atoms with Crippen molar-refractivity contribution in [2.24, 2.45) is 0 Å². The summed E-state index contributed by atoms with van der Waals surface area (Å²) in [5.41, 5.74) is 3.08. The third kappa shape index (κ3) is 5.46. The van der Waals surface area contributed by atoms with Crippen LogP contribution in [0.5, 0.6) is 0 Å². The standard InChI is InChI=1S/C23H29N3O5S2/c1-31-23(28)20-18-5-3-4-6-19(18)32-22(20)24-21(27)17-9-7-16(8-10-17)15-25-11-13-26(14-12-25)33(2,29)30/h7-10H,3-6,11-15H2,1-2H3,(H,24,27). The van der Waals surface area contributed by atoms with Crippen molar-refractivity contribution >= 4 is 38.2 Å². The molecule has 1 aromatic carbocycles. The first-order valence-corrected chi connectivity index (χ1v) is 13.7. The summed E-state index contributed by atoms with van der Waals surface area (Å²) in [6.07, 6.45) is 5.12. The molecule has 33 heavy (non-hydrogen) atoms. The Labute approximate surface area is 198 Å². The molecule has 0 radical (unpaired) electrons. The number of methoxy groups -OCH3 is 1. The normalized spacial score (nSPS) is 17.4. The molecule has 0 spiro atoms. The van der Waals surface area contributed by atoms with E-state index in [1.165, 1.54) is 29.0 Å². The van der Waals surface area contributed by atoms with Gasteiger partial charge in [-0.15, -0.1) is 11.3 Å². The van der Waals surface area contributed by atoms with Gasteiger partial charge in [-0.05, 0) is 48.9 Å². The van der Waals surface area contributed by atoms with Crippen molar-refractivity contribution in [3.8, 4) is 0 Å². The number of rotatable bonds is 6. The molecular weight excluding hydrogens is 462 g/mol. The van der Waals surface area contributed by atoms with E-state index < -0.39 is 16.0 Å². The summed E-state index contributed by atoms with van der Waals surface area (Å²) in [7, 11) is -1.78. The summed E-state index contributed by atoms with van der Waals surface area (Å²) in [5.74, 6) is -0.664. The highest BCUT2D eigenvalue weighted by Gasteiger charge is 2.27. The first-order chi connectivity index (χ1) is 15.8. The Hall–Kier alpha value is -2.27. The van der Waals surface area contributed by atoms with E-state index in [0.29, 0.717) is 48.9 Å². The Morgan fingerprint density at radius 2 is 1.73 bits per heavy atom. The number of hydrogen-bond acceptors (Lipinski definition) is 7. The van der Waals surface area contributed by atoms with Gasteiger partial charge >= 0.3 is 5.97 Å². The fraction of sp³-hybridized carbons (Fsp3) is 0.478. The number of hydrogen-bond donors (Lipinski definition) is 1. The maximum Gasteiger partial charge on any atom is 0.341 e. The zero-order valence-electron chi connectivity index (χ0n) is 18.9. The summed E-state index contributed by atoms with van der Waals surface area (Å²) in [4.78, 5) is 28.6. The van der Waals surface area contributed by atoms with Crippen LogP contribution in [0.15, 0.2) is 24.3 Å². The highest BCUT2D eigenvalue weighted by atomic mass is 32.2. The molecule has 1 aliphatic heterocycles. The molecule has 10 heteroatoms. The van der Waals surface area contributed by atoms with Crippen LogP contribution in [0, 0.1) is 0 Å². The van der Waals surface area contributed by atoms with Crippen molar-refractivity contribution < 1.29 is 22.7 Å². The predicted molar refractivity (Wildman–Crippen MR) is 128 cm³/mol. The number of fused-ring (bicyclic) bond motifs is 1. The summed E-state index contributed by atoms with van der Waals surface area (Å²) in [6.45, 7) is 3.03. The molecule has 4 rings (SSSR count). The lowest BCUT2D eigenvalue weighted by atomic mass is 9.95. The monoisotopic (exact) mass is 491 g/mol. The molecule has 0 bridgehead atoms. The van der Waals surface area contributed by atoms with Crippen molar-refractivity contribution in [1.82, 2.24) is 9.21 Å². The van der Waals surface area contributed by atoms with Gasteiger partial charge in [0.1, 0.15) is 5.00 Å². The van der Waals surface area contributed by atoms with Crippen LogP contribution in [0.4, 0.5) is 5.00 Å². The molecule has 2 aromatic rings. The second kappa shape index (κ2) is 9.92. The number of sulfonamides is 1. The van der Waals surface area contributed by atoms with E-state index in [1.807, 2.05) is 12.1 Å². The first-order valence-electron chi connectivity index (χ1n) is 11.1. The lowest BCUT2D eigenvalue weighted by molar-refractivity contribution is 0.0601. The fourth-order valence-corrected chi connectivity index (χ4v) is 6.49. The van der Waals surface area contributed by atoms with Gasteiger partial charge < -0.3 is 10.1 Å². The summed E-state index contributed by atoms with van der Waals surface area (Å²) >= 11 is 1.47. The molecule has 1 amide bonds. The Bertz CT molecular complexity index is 1130. The van der Waals surface area contributed by atoms with E-state index in [-0.39, 0.29) is 5.91 Å². The molecule has 8 nitrogen and oxygen atoms in total. The van der Waals surface area contributed by atoms with Crippen LogP contribution < -0.4 is 5.32 Å². The van der Waals surface area contributed by atoms with Gasteiger partial charge in [0.2, 0.25) is 10.0 Å². The zero-order chi connectivity index (χ0) is 23.6. The van der Waals surface area contributed by atoms with Gasteiger partial charge in [0.05, 0.1) is 18.9 Å². The molecule has 0 atom stereocenters. The van der Waals surface area contributed by atoms with Crippen molar-refractivity contribution in [2.75, 3.05) is 44.9 Å². The third-order valence-electron chi connectivity index (χ3n) is 6.21. The molecule has 0 unspecified atom stereocenters. The SMILES string of the molecule is COC(=O)c1c(NC(=O)c2ccc(CN3CCN(S(C)(=O)=O)CC3)cc2)sc2c1CCCC2. The smallest absolute Gasteiger partial charge is 0.341 e. The number of piperazine rings is 1. The molecule has 2 heterocycles. The minimum Gasteiger partial charge on any atom is -0.465 e. The fourth-order valence-electron chi connectivity index (χ4n) is 4.39.